The van der Waals surface area contributed by atoms with Crippen LogP contribution >= 0.6 is 0 Å². The Bertz CT molecular complexity index is 218. The second-order valence-electron chi connectivity index (χ2n) is 6.39. The lowest BCUT2D eigenvalue weighted by Crippen LogP contribution is -2.00. The molecule has 0 aromatic heterocycles. The summed E-state index contributed by atoms with van der Waals surface area (Å²) in [7, 11) is 0. The summed E-state index contributed by atoms with van der Waals surface area (Å²) in [5, 5.41) is 0. The zero-order valence-electron chi connectivity index (χ0n) is 13.0. The highest BCUT2D eigenvalue weighted by Crippen LogP contribution is 2.56. The van der Waals surface area contributed by atoms with Crippen LogP contribution in [0.15, 0.2) is 12.7 Å². The third kappa shape index (κ3) is 4.78. The van der Waals surface area contributed by atoms with Crippen LogP contribution in [0.1, 0.15) is 78.6 Å². The minimum Gasteiger partial charge on any atom is -0.103 e. The first-order valence-electron chi connectivity index (χ1n) is 8.37. The number of hydrogen-bond acceptors (Lipinski definition) is 0. The Labute approximate surface area is 115 Å². The van der Waals surface area contributed by atoms with Gasteiger partial charge in [0.1, 0.15) is 0 Å². The van der Waals surface area contributed by atoms with Crippen LogP contribution < -0.4 is 0 Å². The molecule has 0 amide bonds. The maximum atomic E-state index is 3.87. The highest BCUT2D eigenvalue weighted by atomic mass is 14.5. The SMILES string of the molecule is C=CCCC1C(CCC)C1C(C)CCCCCC. The molecule has 0 heteroatoms. The van der Waals surface area contributed by atoms with Gasteiger partial charge in [-0.1, -0.05) is 71.8 Å². The summed E-state index contributed by atoms with van der Waals surface area (Å²) >= 11 is 0. The Hall–Kier alpha value is -0.260. The van der Waals surface area contributed by atoms with Gasteiger partial charge in [-0.05, 0) is 36.5 Å². The Kier molecular flexibility index (Phi) is 7.70. The van der Waals surface area contributed by atoms with Crippen LogP contribution in [0.4, 0.5) is 0 Å². The molecule has 0 bridgehead atoms. The minimum absolute atomic E-state index is 0.966. The molecule has 106 valence electrons. The minimum atomic E-state index is 0.966. The fourth-order valence-corrected chi connectivity index (χ4v) is 3.86. The maximum absolute atomic E-state index is 3.87. The van der Waals surface area contributed by atoms with Crippen LogP contribution in [0.5, 0.6) is 0 Å². The quantitative estimate of drug-likeness (QED) is 0.301. The molecule has 0 saturated heterocycles. The Morgan fingerprint density at radius 1 is 1.00 bits per heavy atom. The second-order valence-corrected chi connectivity index (χ2v) is 6.39. The van der Waals surface area contributed by atoms with Crippen molar-refractivity contribution >= 4 is 0 Å². The third-order valence-corrected chi connectivity index (χ3v) is 4.89. The van der Waals surface area contributed by atoms with Crippen molar-refractivity contribution in [2.24, 2.45) is 23.7 Å². The van der Waals surface area contributed by atoms with Gasteiger partial charge in [0, 0.05) is 0 Å². The first-order valence-corrected chi connectivity index (χ1v) is 8.37. The lowest BCUT2D eigenvalue weighted by atomic mass is 9.95. The van der Waals surface area contributed by atoms with Gasteiger partial charge in [0.15, 0.2) is 0 Å². The third-order valence-electron chi connectivity index (χ3n) is 4.89. The molecule has 0 aliphatic heterocycles. The standard InChI is InChI=1S/C18H34/c1-5-8-10-11-13-15(4)18-16(12-7-3)17(18)14-9-6-2/h6,15-18H,2,5,7-14H2,1,3-4H3. The second kappa shape index (κ2) is 8.77. The van der Waals surface area contributed by atoms with Gasteiger partial charge >= 0.3 is 0 Å². The van der Waals surface area contributed by atoms with Crippen molar-refractivity contribution in [2.75, 3.05) is 0 Å². The molecule has 4 unspecified atom stereocenters. The first kappa shape index (κ1) is 15.8. The molecule has 4 atom stereocenters. The van der Waals surface area contributed by atoms with Gasteiger partial charge in [-0.25, -0.2) is 0 Å². The van der Waals surface area contributed by atoms with Gasteiger partial charge in [-0.15, -0.1) is 6.58 Å². The van der Waals surface area contributed by atoms with Gasteiger partial charge < -0.3 is 0 Å². The lowest BCUT2D eigenvalue weighted by Gasteiger charge is -2.11. The molecule has 1 aliphatic rings. The summed E-state index contributed by atoms with van der Waals surface area (Å²) in [6, 6.07) is 0. The van der Waals surface area contributed by atoms with E-state index in [-0.39, 0.29) is 0 Å². The van der Waals surface area contributed by atoms with Gasteiger partial charge in [0.2, 0.25) is 0 Å². The number of unbranched alkanes of at least 4 members (excludes halogenated alkanes) is 3. The van der Waals surface area contributed by atoms with Crippen molar-refractivity contribution in [1.29, 1.82) is 0 Å². The average Bonchev–Trinajstić information content (AvgIpc) is 3.05. The molecule has 0 nitrogen and oxygen atoms in total. The molecule has 0 N–H and O–H groups in total. The van der Waals surface area contributed by atoms with Gasteiger partial charge in [0.25, 0.3) is 0 Å². The molecular formula is C18H34. The number of hydrogen-bond donors (Lipinski definition) is 0. The van der Waals surface area contributed by atoms with Crippen LogP contribution in [0.25, 0.3) is 0 Å². The largest absolute Gasteiger partial charge is 0.103 e. The maximum Gasteiger partial charge on any atom is -0.0326 e. The molecule has 1 aliphatic carbocycles. The van der Waals surface area contributed by atoms with E-state index in [0.717, 1.165) is 23.7 Å². The molecule has 0 spiro atoms. The smallest absolute Gasteiger partial charge is 0.0326 e. The van der Waals surface area contributed by atoms with E-state index < -0.39 is 0 Å². The Morgan fingerprint density at radius 2 is 1.72 bits per heavy atom. The van der Waals surface area contributed by atoms with Crippen LogP contribution in [0.2, 0.25) is 0 Å². The van der Waals surface area contributed by atoms with Crippen molar-refractivity contribution in [3.05, 3.63) is 12.7 Å². The number of rotatable bonds is 11. The highest BCUT2D eigenvalue weighted by molar-refractivity contribution is 4.99. The van der Waals surface area contributed by atoms with E-state index in [1.807, 2.05) is 0 Å². The summed E-state index contributed by atoms with van der Waals surface area (Å²) in [4.78, 5) is 0. The molecule has 18 heavy (non-hydrogen) atoms. The fraction of sp³-hybridized carbons (Fsp3) is 0.889. The van der Waals surface area contributed by atoms with Crippen LogP contribution in [-0.4, -0.2) is 0 Å². The average molecular weight is 250 g/mol. The summed E-state index contributed by atoms with van der Waals surface area (Å²) in [6.07, 6.45) is 14.7. The van der Waals surface area contributed by atoms with Gasteiger partial charge in [0.05, 0.1) is 0 Å². The molecule has 1 fully saturated rings. The summed E-state index contributed by atoms with van der Waals surface area (Å²) in [6.45, 7) is 11.0. The summed E-state index contributed by atoms with van der Waals surface area (Å²) < 4.78 is 0. The number of allylic oxidation sites excluding steroid dienone is 1. The molecule has 1 rings (SSSR count). The van der Waals surface area contributed by atoms with E-state index >= 15 is 0 Å². The molecule has 0 aromatic rings. The van der Waals surface area contributed by atoms with Gasteiger partial charge in [-0.2, -0.15) is 0 Å². The van der Waals surface area contributed by atoms with E-state index in [1.165, 1.54) is 57.8 Å². The van der Waals surface area contributed by atoms with Crippen molar-refractivity contribution in [3.63, 3.8) is 0 Å². The van der Waals surface area contributed by atoms with Crippen LogP contribution in [-0.2, 0) is 0 Å². The molecule has 1 saturated carbocycles. The molecule has 0 heterocycles. The predicted octanol–water partition coefficient (Wildman–Crippen LogP) is 6.22. The van der Waals surface area contributed by atoms with Crippen molar-refractivity contribution in [2.45, 2.75) is 78.6 Å². The van der Waals surface area contributed by atoms with E-state index in [1.54, 1.807) is 0 Å². The van der Waals surface area contributed by atoms with Crippen LogP contribution in [0, 0.1) is 23.7 Å². The topological polar surface area (TPSA) is 0 Å². The summed E-state index contributed by atoms with van der Waals surface area (Å²) in [5.74, 6) is 4.10. The zero-order chi connectivity index (χ0) is 13.4. The van der Waals surface area contributed by atoms with E-state index in [0.29, 0.717) is 0 Å². The van der Waals surface area contributed by atoms with Gasteiger partial charge in [-0.3, -0.25) is 0 Å². The summed E-state index contributed by atoms with van der Waals surface area (Å²) in [5.41, 5.74) is 0. The van der Waals surface area contributed by atoms with Crippen molar-refractivity contribution in [1.82, 2.24) is 0 Å². The normalized spacial score (nSPS) is 28.1. The highest BCUT2D eigenvalue weighted by Gasteiger charge is 2.50. The van der Waals surface area contributed by atoms with E-state index in [4.69, 9.17) is 0 Å². The lowest BCUT2D eigenvalue weighted by molar-refractivity contribution is 0.400. The van der Waals surface area contributed by atoms with Crippen LogP contribution in [0.3, 0.4) is 0 Å². The Balaban J connectivity index is 2.26. The monoisotopic (exact) mass is 250 g/mol. The van der Waals surface area contributed by atoms with E-state index in [2.05, 4.69) is 33.4 Å². The Morgan fingerprint density at radius 3 is 2.33 bits per heavy atom. The van der Waals surface area contributed by atoms with Crippen molar-refractivity contribution < 1.29 is 0 Å². The first-order chi connectivity index (χ1) is 8.76. The molecule has 0 aromatic carbocycles. The molecular weight excluding hydrogens is 216 g/mol. The zero-order valence-corrected chi connectivity index (χ0v) is 13.0. The van der Waals surface area contributed by atoms with Crippen molar-refractivity contribution in [3.8, 4) is 0 Å². The predicted molar refractivity (Wildman–Crippen MR) is 82.7 cm³/mol. The van der Waals surface area contributed by atoms with E-state index in [9.17, 15) is 0 Å². The fourth-order valence-electron chi connectivity index (χ4n) is 3.86. The molecule has 0 radical (unpaired) electrons.